The zero-order valence-electron chi connectivity index (χ0n) is 6.55. The van der Waals surface area contributed by atoms with Crippen molar-refractivity contribution in [1.29, 1.82) is 0 Å². The lowest BCUT2D eigenvalue weighted by Gasteiger charge is -2.19. The summed E-state index contributed by atoms with van der Waals surface area (Å²) < 4.78 is 4.48. The molecular weight excluding hydrogens is 215 g/mol. The van der Waals surface area contributed by atoms with Crippen LogP contribution in [-0.4, -0.2) is 11.9 Å². The van der Waals surface area contributed by atoms with Gasteiger partial charge in [-0.3, -0.25) is 9.59 Å². The molecule has 1 aliphatic heterocycles. The second-order valence-corrected chi connectivity index (χ2v) is 4.08. The highest BCUT2D eigenvalue weighted by atomic mass is 35.5. The van der Waals surface area contributed by atoms with E-state index in [-0.39, 0.29) is 0 Å². The number of allylic oxidation sites excluding steroid dienone is 2. The van der Waals surface area contributed by atoms with Crippen LogP contribution in [0.1, 0.15) is 12.8 Å². The van der Waals surface area contributed by atoms with Gasteiger partial charge >= 0.3 is 11.9 Å². The van der Waals surface area contributed by atoms with E-state index >= 15 is 0 Å². The summed E-state index contributed by atoms with van der Waals surface area (Å²) in [6, 6.07) is 0. The fraction of sp³-hybridized carbons (Fsp3) is 0.500. The molecule has 70 valence electrons. The molecule has 1 fully saturated rings. The number of carbonyl (C=O) groups is 2. The van der Waals surface area contributed by atoms with Gasteiger partial charge in [-0.2, -0.15) is 0 Å². The Bertz CT molecular complexity index is 291. The number of hydrogen-bond donors (Lipinski definition) is 0. The summed E-state index contributed by atoms with van der Waals surface area (Å²) in [5, 5.41) is 0.934. The lowest BCUT2D eigenvalue weighted by molar-refractivity contribution is -0.153. The molecule has 0 bridgehead atoms. The zero-order chi connectivity index (χ0) is 9.59. The molecule has 2 unspecified atom stereocenters. The molecule has 1 aliphatic carbocycles. The lowest BCUT2D eigenvalue weighted by atomic mass is 9.85. The molecule has 13 heavy (non-hydrogen) atoms. The molecule has 1 saturated heterocycles. The van der Waals surface area contributed by atoms with Crippen molar-refractivity contribution in [2.45, 2.75) is 12.8 Å². The van der Waals surface area contributed by atoms with Crippen LogP contribution in [0, 0.1) is 11.8 Å². The van der Waals surface area contributed by atoms with Crippen molar-refractivity contribution >= 4 is 35.1 Å². The first kappa shape index (κ1) is 9.03. The molecule has 0 radical (unpaired) electrons. The summed E-state index contributed by atoms with van der Waals surface area (Å²) in [5.74, 6) is -1.78. The third kappa shape index (κ3) is 1.36. The van der Waals surface area contributed by atoms with Gasteiger partial charge < -0.3 is 4.74 Å². The maximum atomic E-state index is 11.1. The van der Waals surface area contributed by atoms with Gasteiger partial charge in [-0.25, -0.2) is 0 Å². The molecule has 2 atom stereocenters. The largest absolute Gasteiger partial charge is 0.393 e. The van der Waals surface area contributed by atoms with E-state index in [0.29, 0.717) is 22.9 Å². The number of hydrogen-bond acceptors (Lipinski definition) is 3. The van der Waals surface area contributed by atoms with Crippen LogP contribution in [0.25, 0.3) is 0 Å². The summed E-state index contributed by atoms with van der Waals surface area (Å²) in [7, 11) is 0. The van der Waals surface area contributed by atoms with Crippen LogP contribution in [0.5, 0.6) is 0 Å². The monoisotopic (exact) mass is 220 g/mol. The van der Waals surface area contributed by atoms with Crippen molar-refractivity contribution in [3.8, 4) is 0 Å². The zero-order valence-corrected chi connectivity index (χ0v) is 8.06. The number of ether oxygens (including phenoxy) is 1. The van der Waals surface area contributed by atoms with Crippen molar-refractivity contribution < 1.29 is 14.3 Å². The van der Waals surface area contributed by atoms with Gasteiger partial charge in [-0.1, -0.05) is 23.2 Å². The van der Waals surface area contributed by atoms with Crippen LogP contribution in [0.15, 0.2) is 10.1 Å². The topological polar surface area (TPSA) is 43.4 Å². The van der Waals surface area contributed by atoms with Gasteiger partial charge in [0, 0.05) is 10.1 Å². The van der Waals surface area contributed by atoms with E-state index in [0.717, 1.165) is 0 Å². The van der Waals surface area contributed by atoms with Gasteiger partial charge in [0.1, 0.15) is 0 Å². The highest BCUT2D eigenvalue weighted by Crippen LogP contribution is 2.42. The summed E-state index contributed by atoms with van der Waals surface area (Å²) in [4.78, 5) is 22.2. The molecule has 0 N–H and O–H groups in total. The van der Waals surface area contributed by atoms with Crippen LogP contribution in [0.2, 0.25) is 0 Å². The minimum Gasteiger partial charge on any atom is -0.393 e. The van der Waals surface area contributed by atoms with Crippen LogP contribution in [-0.2, 0) is 14.3 Å². The molecule has 5 heteroatoms. The predicted octanol–water partition coefficient (Wildman–Crippen LogP) is 1.79. The van der Waals surface area contributed by atoms with Crippen LogP contribution >= 0.6 is 23.2 Å². The molecule has 0 amide bonds. The third-order valence-electron chi connectivity index (χ3n) is 2.38. The van der Waals surface area contributed by atoms with Crippen molar-refractivity contribution in [2.75, 3.05) is 0 Å². The van der Waals surface area contributed by atoms with E-state index in [1.165, 1.54) is 0 Å². The van der Waals surface area contributed by atoms with Gasteiger partial charge in [0.2, 0.25) is 0 Å². The van der Waals surface area contributed by atoms with Crippen molar-refractivity contribution in [2.24, 2.45) is 11.8 Å². The Morgan fingerprint density at radius 1 is 1.00 bits per heavy atom. The first-order valence-electron chi connectivity index (χ1n) is 3.88. The Labute approximate surface area is 84.6 Å². The molecule has 0 saturated carbocycles. The Kier molecular flexibility index (Phi) is 2.08. The number of esters is 2. The SMILES string of the molecule is O=C1OC(=O)C2CC(Cl)=C(Cl)CC12. The Hall–Kier alpha value is -0.540. The first-order chi connectivity index (χ1) is 6.09. The van der Waals surface area contributed by atoms with E-state index in [2.05, 4.69) is 4.74 Å². The molecule has 0 spiro atoms. The van der Waals surface area contributed by atoms with E-state index in [9.17, 15) is 9.59 Å². The first-order valence-corrected chi connectivity index (χ1v) is 4.63. The molecule has 0 aromatic carbocycles. The van der Waals surface area contributed by atoms with Gasteiger partial charge in [0.15, 0.2) is 0 Å². The second kappa shape index (κ2) is 3.00. The maximum absolute atomic E-state index is 11.1. The highest BCUT2D eigenvalue weighted by molar-refractivity contribution is 6.39. The number of rotatable bonds is 0. The standard InChI is InChI=1S/C8H6Cl2O3/c9-5-1-3-4(2-6(5)10)8(12)13-7(3)11/h3-4H,1-2H2. The molecule has 2 rings (SSSR count). The third-order valence-corrected chi connectivity index (χ3v) is 3.25. The van der Waals surface area contributed by atoms with E-state index in [1.54, 1.807) is 0 Å². The minimum atomic E-state index is -0.475. The van der Waals surface area contributed by atoms with Gasteiger partial charge in [-0.15, -0.1) is 0 Å². The fourth-order valence-electron chi connectivity index (χ4n) is 1.64. The van der Waals surface area contributed by atoms with Crippen LogP contribution < -0.4 is 0 Å². The van der Waals surface area contributed by atoms with E-state index in [4.69, 9.17) is 23.2 Å². The van der Waals surface area contributed by atoms with E-state index < -0.39 is 23.8 Å². The molecule has 0 aromatic rings. The minimum absolute atomic E-state index is 0.329. The number of fused-ring (bicyclic) bond motifs is 1. The van der Waals surface area contributed by atoms with Crippen LogP contribution in [0.4, 0.5) is 0 Å². The fourth-order valence-corrected chi connectivity index (χ4v) is 2.12. The average Bonchev–Trinajstić information content (AvgIpc) is 2.31. The summed E-state index contributed by atoms with van der Waals surface area (Å²) >= 11 is 11.6. The molecule has 2 aliphatic rings. The summed E-state index contributed by atoms with van der Waals surface area (Å²) in [5.41, 5.74) is 0. The smallest absolute Gasteiger partial charge is 0.317 e. The predicted molar refractivity (Wildman–Crippen MR) is 46.0 cm³/mol. The van der Waals surface area contributed by atoms with Gasteiger partial charge in [-0.05, 0) is 12.8 Å². The quantitative estimate of drug-likeness (QED) is 0.462. The number of carbonyl (C=O) groups excluding carboxylic acids is 2. The van der Waals surface area contributed by atoms with Gasteiger partial charge in [0.25, 0.3) is 0 Å². The van der Waals surface area contributed by atoms with Gasteiger partial charge in [0.05, 0.1) is 11.8 Å². The number of halogens is 2. The molecule has 0 aromatic heterocycles. The normalized spacial score (nSPS) is 33.4. The molecular formula is C8H6Cl2O3. The Morgan fingerprint density at radius 2 is 1.38 bits per heavy atom. The van der Waals surface area contributed by atoms with Crippen LogP contribution in [0.3, 0.4) is 0 Å². The van der Waals surface area contributed by atoms with Crippen molar-refractivity contribution in [3.63, 3.8) is 0 Å². The maximum Gasteiger partial charge on any atom is 0.317 e. The molecule has 3 nitrogen and oxygen atoms in total. The van der Waals surface area contributed by atoms with E-state index in [1.807, 2.05) is 0 Å². The van der Waals surface area contributed by atoms with Crippen molar-refractivity contribution in [3.05, 3.63) is 10.1 Å². The van der Waals surface area contributed by atoms with Crippen molar-refractivity contribution in [1.82, 2.24) is 0 Å². The number of cyclic esters (lactones) is 2. The Balaban J connectivity index is 2.31. The Morgan fingerprint density at radius 3 is 1.77 bits per heavy atom. The highest BCUT2D eigenvalue weighted by Gasteiger charge is 2.47. The molecule has 1 heterocycles. The summed E-state index contributed by atoms with van der Waals surface area (Å²) in [6.45, 7) is 0. The average molecular weight is 221 g/mol. The lowest BCUT2D eigenvalue weighted by Crippen LogP contribution is -2.21. The second-order valence-electron chi connectivity index (χ2n) is 3.17. The summed E-state index contributed by atoms with van der Waals surface area (Å²) in [6.07, 6.45) is 0.658.